The molecule has 0 spiro atoms. The van der Waals surface area contributed by atoms with Crippen molar-refractivity contribution in [2.24, 2.45) is 10.8 Å². The zero-order chi connectivity index (χ0) is 17.2. The Morgan fingerprint density at radius 3 is 2.46 bits per heavy atom. The Balaban J connectivity index is 1.91. The summed E-state index contributed by atoms with van der Waals surface area (Å²) in [6, 6.07) is 18.7. The fraction of sp³-hybridized carbons (Fsp3) is 0.118. The highest BCUT2D eigenvalue weighted by molar-refractivity contribution is 6.45. The topological polar surface area (TPSA) is 119 Å². The van der Waals surface area contributed by atoms with Crippen molar-refractivity contribution in [1.82, 2.24) is 0 Å². The number of amidine groups is 1. The molecule has 7 heteroatoms. The molecular weight excluding hydrogens is 304 g/mol. The number of para-hydroxylation sites is 3. The van der Waals surface area contributed by atoms with Crippen molar-refractivity contribution in [2.75, 3.05) is 23.9 Å². The first-order valence-electron chi connectivity index (χ1n) is 7.29. The van der Waals surface area contributed by atoms with Crippen molar-refractivity contribution >= 4 is 22.9 Å². The molecule has 2 aromatic carbocycles. The molecule has 122 valence electrons. The molecule has 0 bridgehead atoms. The fourth-order valence-electron chi connectivity index (χ4n) is 1.87. The van der Waals surface area contributed by atoms with Crippen LogP contribution in [0, 0.1) is 16.7 Å². The number of nitrogens with zero attached hydrogens (tertiary/aromatic N) is 2. The lowest BCUT2D eigenvalue weighted by Gasteiger charge is -2.12. The van der Waals surface area contributed by atoms with Gasteiger partial charge >= 0.3 is 0 Å². The number of nitrogens with two attached hydrogens (primary N) is 1. The van der Waals surface area contributed by atoms with E-state index in [4.69, 9.17) is 21.1 Å². The highest BCUT2D eigenvalue weighted by atomic mass is 16.5. The van der Waals surface area contributed by atoms with Crippen molar-refractivity contribution in [3.63, 3.8) is 0 Å². The quantitative estimate of drug-likeness (QED) is 0.257. The molecule has 0 aliphatic heterocycles. The maximum Gasteiger partial charge on any atom is 0.201 e. The highest BCUT2D eigenvalue weighted by Crippen LogP contribution is 2.20. The molecule has 0 radical (unpaired) electrons. The Bertz CT molecular complexity index is 751. The summed E-state index contributed by atoms with van der Waals surface area (Å²) in [5.41, 5.74) is 9.31. The number of hydrazone groups is 1. The lowest BCUT2D eigenvalue weighted by molar-refractivity contribution is 0.333. The van der Waals surface area contributed by atoms with Gasteiger partial charge in [0.05, 0.1) is 11.4 Å². The van der Waals surface area contributed by atoms with Crippen LogP contribution < -0.4 is 21.2 Å². The normalized spacial score (nSPS) is 10.5. The molecule has 5 N–H and O–H groups in total. The molecule has 2 aromatic rings. The van der Waals surface area contributed by atoms with Crippen LogP contribution in [0.5, 0.6) is 5.75 Å². The third-order valence-corrected chi connectivity index (χ3v) is 3.01. The molecule has 24 heavy (non-hydrogen) atoms. The van der Waals surface area contributed by atoms with E-state index in [1.807, 2.05) is 48.5 Å². The highest BCUT2D eigenvalue weighted by Gasteiger charge is 2.03. The van der Waals surface area contributed by atoms with Gasteiger partial charge in [-0.2, -0.15) is 10.4 Å². The van der Waals surface area contributed by atoms with Crippen LogP contribution in [0.2, 0.25) is 0 Å². The Hall–Kier alpha value is -3.53. The van der Waals surface area contributed by atoms with E-state index < -0.39 is 0 Å². The van der Waals surface area contributed by atoms with Crippen LogP contribution in [0.15, 0.2) is 59.7 Å². The van der Waals surface area contributed by atoms with Gasteiger partial charge in [-0.1, -0.05) is 30.3 Å². The summed E-state index contributed by atoms with van der Waals surface area (Å²) in [7, 11) is 0. The number of ether oxygens (including phenoxy) is 1. The second kappa shape index (κ2) is 8.80. The first-order valence-corrected chi connectivity index (χ1v) is 7.29. The molecule has 2 rings (SSSR count). The second-order valence-corrected chi connectivity index (χ2v) is 4.73. The summed E-state index contributed by atoms with van der Waals surface area (Å²) in [4.78, 5) is 0. The van der Waals surface area contributed by atoms with Gasteiger partial charge in [0.2, 0.25) is 5.71 Å². The van der Waals surface area contributed by atoms with E-state index in [-0.39, 0.29) is 11.5 Å². The van der Waals surface area contributed by atoms with E-state index in [0.29, 0.717) is 18.8 Å². The Morgan fingerprint density at radius 2 is 1.79 bits per heavy atom. The largest absolute Gasteiger partial charge is 0.492 e. The van der Waals surface area contributed by atoms with E-state index in [1.165, 1.54) is 0 Å². The minimum atomic E-state index is -0.383. The fourth-order valence-corrected chi connectivity index (χ4v) is 1.87. The monoisotopic (exact) mass is 322 g/mol. The average Bonchev–Trinajstić information content (AvgIpc) is 2.61. The number of benzene rings is 2. The van der Waals surface area contributed by atoms with Gasteiger partial charge in [-0.25, -0.2) is 0 Å². The van der Waals surface area contributed by atoms with Gasteiger partial charge in [0.25, 0.3) is 0 Å². The predicted octanol–water partition coefficient (Wildman–Crippen LogP) is 2.40. The van der Waals surface area contributed by atoms with Gasteiger partial charge < -0.3 is 15.8 Å². The number of nitrogens with one attached hydrogen (secondary N) is 3. The van der Waals surface area contributed by atoms with Gasteiger partial charge in [-0.05, 0) is 24.3 Å². The van der Waals surface area contributed by atoms with E-state index in [2.05, 4.69) is 15.8 Å². The van der Waals surface area contributed by atoms with Crippen LogP contribution in [0.1, 0.15) is 0 Å². The van der Waals surface area contributed by atoms with Crippen molar-refractivity contribution in [2.45, 2.75) is 0 Å². The third-order valence-electron chi connectivity index (χ3n) is 3.01. The number of hydrogen-bond donors (Lipinski definition) is 4. The zero-order valence-corrected chi connectivity index (χ0v) is 13.0. The maximum atomic E-state index is 8.85. The van der Waals surface area contributed by atoms with E-state index >= 15 is 0 Å². The first kappa shape index (κ1) is 16.8. The number of anilines is 2. The number of nitriles is 1. The lowest BCUT2D eigenvalue weighted by atomic mass is 10.2. The summed E-state index contributed by atoms with van der Waals surface area (Å²) in [6.45, 7) is 1.09. The average molecular weight is 322 g/mol. The molecule has 0 saturated carbocycles. The number of rotatable bonds is 8. The van der Waals surface area contributed by atoms with Crippen LogP contribution in [0.4, 0.5) is 11.4 Å². The maximum absolute atomic E-state index is 8.85. The second-order valence-electron chi connectivity index (χ2n) is 4.73. The molecule has 0 heterocycles. The van der Waals surface area contributed by atoms with E-state index in [1.54, 1.807) is 12.1 Å². The molecule has 7 nitrogen and oxygen atoms in total. The van der Waals surface area contributed by atoms with Crippen LogP contribution in [0.3, 0.4) is 0 Å². The van der Waals surface area contributed by atoms with Gasteiger partial charge in [0.15, 0.2) is 5.84 Å². The Labute approximate surface area is 140 Å². The SMILES string of the molecule is N#C/C(=N\Nc1ccccc1NCCOc1ccccc1)C(=N)N. The van der Waals surface area contributed by atoms with Crippen LogP contribution in [-0.4, -0.2) is 24.7 Å². The zero-order valence-electron chi connectivity index (χ0n) is 13.0. The molecule has 0 atom stereocenters. The molecule has 0 aliphatic carbocycles. The minimum absolute atomic E-state index is 0.169. The van der Waals surface area contributed by atoms with Crippen molar-refractivity contribution in [1.29, 1.82) is 10.7 Å². The minimum Gasteiger partial charge on any atom is -0.492 e. The molecule has 0 fully saturated rings. The molecule has 0 unspecified atom stereocenters. The van der Waals surface area contributed by atoms with Crippen molar-refractivity contribution < 1.29 is 4.74 Å². The van der Waals surface area contributed by atoms with Gasteiger partial charge in [-0.3, -0.25) is 10.8 Å². The Morgan fingerprint density at radius 1 is 1.12 bits per heavy atom. The third kappa shape index (κ3) is 5.03. The molecule has 0 amide bonds. The van der Waals surface area contributed by atoms with Crippen LogP contribution >= 0.6 is 0 Å². The summed E-state index contributed by atoms with van der Waals surface area (Å²) in [5.74, 6) is 0.433. The van der Waals surface area contributed by atoms with Crippen LogP contribution in [0.25, 0.3) is 0 Å². The summed E-state index contributed by atoms with van der Waals surface area (Å²) in [5, 5.41) is 23.2. The number of hydrogen-bond acceptors (Lipinski definition) is 6. The summed E-state index contributed by atoms with van der Waals surface area (Å²) < 4.78 is 5.62. The predicted molar refractivity (Wildman–Crippen MR) is 95.5 cm³/mol. The smallest absolute Gasteiger partial charge is 0.201 e. The summed E-state index contributed by atoms with van der Waals surface area (Å²) >= 11 is 0. The van der Waals surface area contributed by atoms with Crippen LogP contribution in [-0.2, 0) is 0 Å². The van der Waals surface area contributed by atoms with Gasteiger partial charge in [-0.15, -0.1) is 0 Å². The van der Waals surface area contributed by atoms with E-state index in [9.17, 15) is 0 Å². The Kier molecular flexibility index (Phi) is 6.17. The molecule has 0 saturated heterocycles. The molecular formula is C17H18N6O. The molecule has 0 aromatic heterocycles. The van der Waals surface area contributed by atoms with Crippen molar-refractivity contribution in [3.05, 3.63) is 54.6 Å². The molecule has 0 aliphatic rings. The first-order chi connectivity index (χ1) is 11.7. The standard InChI is InChI=1S/C17H18N6O/c18-12-16(17(19)20)23-22-15-9-5-4-8-14(15)21-10-11-24-13-6-2-1-3-7-13/h1-9,21-22H,10-11H2,(H3,19,20)/b23-16+. The van der Waals surface area contributed by atoms with Gasteiger partial charge in [0.1, 0.15) is 18.4 Å². The lowest BCUT2D eigenvalue weighted by Crippen LogP contribution is -2.22. The van der Waals surface area contributed by atoms with Gasteiger partial charge in [0, 0.05) is 6.54 Å². The van der Waals surface area contributed by atoms with Crippen molar-refractivity contribution in [3.8, 4) is 11.8 Å². The summed E-state index contributed by atoms with van der Waals surface area (Å²) in [6.07, 6.45) is 0. The van der Waals surface area contributed by atoms with E-state index in [0.717, 1.165) is 11.4 Å².